The number of amides is 2. The molecule has 0 aliphatic heterocycles. The van der Waals surface area contributed by atoms with Gasteiger partial charge in [0, 0.05) is 23.5 Å². The number of rotatable bonds is 4. The second kappa shape index (κ2) is 8.23. The Bertz CT molecular complexity index is 488. The second-order valence-electron chi connectivity index (χ2n) is 6.99. The van der Waals surface area contributed by atoms with Crippen molar-refractivity contribution in [3.8, 4) is 0 Å². The van der Waals surface area contributed by atoms with Crippen LogP contribution < -0.4 is 16.0 Å². The molecule has 23 heavy (non-hydrogen) atoms. The molecule has 2 saturated carbocycles. The summed E-state index contributed by atoms with van der Waals surface area (Å²) < 4.78 is 0. The fourth-order valence-corrected chi connectivity index (χ4v) is 3.73. The van der Waals surface area contributed by atoms with E-state index < -0.39 is 0 Å². The minimum atomic E-state index is -0.0788. The Morgan fingerprint density at radius 3 is 1.87 bits per heavy atom. The van der Waals surface area contributed by atoms with Crippen LogP contribution >= 0.6 is 0 Å². The molecule has 0 spiro atoms. The van der Waals surface area contributed by atoms with Gasteiger partial charge in [-0.15, -0.1) is 0 Å². The van der Waals surface area contributed by atoms with Crippen LogP contribution in [0, 0.1) is 0 Å². The molecule has 3 rings (SSSR count). The summed E-state index contributed by atoms with van der Waals surface area (Å²) in [5.74, 6) is 0. The molecule has 0 unspecified atom stereocenters. The number of carbonyl (C=O) groups excluding carboxylic acids is 1. The molecule has 2 aliphatic rings. The number of nitrogens with one attached hydrogen (secondary N) is 3. The maximum Gasteiger partial charge on any atom is 0.319 e. The molecule has 0 saturated heterocycles. The predicted octanol–water partition coefficient (Wildman–Crippen LogP) is 4.89. The number of benzene rings is 1. The smallest absolute Gasteiger partial charge is 0.319 e. The first-order chi connectivity index (χ1) is 11.3. The lowest BCUT2D eigenvalue weighted by atomic mass is 9.95. The number of hydrogen-bond donors (Lipinski definition) is 3. The second-order valence-corrected chi connectivity index (χ2v) is 6.99. The largest absolute Gasteiger partial charge is 0.382 e. The van der Waals surface area contributed by atoms with Gasteiger partial charge in [-0.25, -0.2) is 4.79 Å². The van der Waals surface area contributed by atoms with Crippen molar-refractivity contribution in [1.82, 2.24) is 5.32 Å². The maximum absolute atomic E-state index is 12.0. The number of urea groups is 1. The van der Waals surface area contributed by atoms with Gasteiger partial charge in [-0.05, 0) is 49.9 Å². The van der Waals surface area contributed by atoms with E-state index >= 15 is 0 Å². The molecule has 3 N–H and O–H groups in total. The molecule has 1 aromatic rings. The Labute approximate surface area is 139 Å². The highest BCUT2D eigenvalue weighted by Crippen LogP contribution is 2.22. The topological polar surface area (TPSA) is 53.2 Å². The molecule has 2 aliphatic carbocycles. The Kier molecular flexibility index (Phi) is 5.78. The molecule has 2 amide bonds. The Morgan fingerprint density at radius 1 is 0.739 bits per heavy atom. The standard InChI is InChI=1S/C19H29N3O/c23-19(21-16-9-5-2-6-10-16)22-18-13-11-17(12-14-18)20-15-7-3-1-4-8-15/h11-16,20H,1-10H2,(H2,21,22,23). The van der Waals surface area contributed by atoms with Crippen LogP contribution in [0.15, 0.2) is 24.3 Å². The van der Waals surface area contributed by atoms with Crippen molar-refractivity contribution in [2.75, 3.05) is 10.6 Å². The molecule has 0 bridgehead atoms. The van der Waals surface area contributed by atoms with Gasteiger partial charge in [-0.3, -0.25) is 0 Å². The van der Waals surface area contributed by atoms with Gasteiger partial charge in [0.2, 0.25) is 0 Å². The first-order valence-electron chi connectivity index (χ1n) is 9.24. The van der Waals surface area contributed by atoms with E-state index in [0.717, 1.165) is 24.2 Å². The first-order valence-corrected chi connectivity index (χ1v) is 9.24. The summed E-state index contributed by atoms with van der Waals surface area (Å²) >= 11 is 0. The van der Waals surface area contributed by atoms with Crippen molar-refractivity contribution in [2.24, 2.45) is 0 Å². The van der Waals surface area contributed by atoms with Gasteiger partial charge in [-0.2, -0.15) is 0 Å². The normalized spacial score (nSPS) is 20.0. The summed E-state index contributed by atoms with van der Waals surface area (Å²) in [5, 5.41) is 9.62. The number of carbonyl (C=O) groups is 1. The third-order valence-electron chi connectivity index (χ3n) is 5.06. The maximum atomic E-state index is 12.0. The number of anilines is 2. The third kappa shape index (κ3) is 5.15. The molecule has 0 aromatic heterocycles. The van der Waals surface area contributed by atoms with Crippen LogP contribution in [-0.4, -0.2) is 18.1 Å². The van der Waals surface area contributed by atoms with Gasteiger partial charge in [0.1, 0.15) is 0 Å². The van der Waals surface area contributed by atoms with Crippen molar-refractivity contribution < 1.29 is 4.79 Å². The van der Waals surface area contributed by atoms with Crippen molar-refractivity contribution in [3.63, 3.8) is 0 Å². The lowest BCUT2D eigenvalue weighted by Crippen LogP contribution is -2.39. The molecular formula is C19H29N3O. The summed E-state index contributed by atoms with van der Waals surface area (Å²) in [6.45, 7) is 0. The van der Waals surface area contributed by atoms with Crippen LogP contribution in [0.5, 0.6) is 0 Å². The molecule has 4 nitrogen and oxygen atoms in total. The van der Waals surface area contributed by atoms with E-state index in [2.05, 4.69) is 28.1 Å². The zero-order chi connectivity index (χ0) is 15.9. The van der Waals surface area contributed by atoms with E-state index in [-0.39, 0.29) is 6.03 Å². The highest BCUT2D eigenvalue weighted by atomic mass is 16.2. The van der Waals surface area contributed by atoms with Gasteiger partial charge >= 0.3 is 6.03 Å². The summed E-state index contributed by atoms with van der Waals surface area (Å²) in [5.41, 5.74) is 2.00. The molecular weight excluding hydrogens is 286 g/mol. The minimum absolute atomic E-state index is 0.0788. The SMILES string of the molecule is O=C(Nc1ccc(NC2CCCCC2)cc1)NC1CCCCC1. The Morgan fingerprint density at radius 2 is 1.26 bits per heavy atom. The summed E-state index contributed by atoms with van der Waals surface area (Å²) in [6.07, 6.45) is 12.5. The van der Waals surface area contributed by atoms with Crippen LogP contribution in [0.1, 0.15) is 64.2 Å². The van der Waals surface area contributed by atoms with Crippen molar-refractivity contribution in [1.29, 1.82) is 0 Å². The predicted molar refractivity (Wildman–Crippen MR) is 96.0 cm³/mol. The number of hydrogen-bond acceptors (Lipinski definition) is 2. The van der Waals surface area contributed by atoms with Gasteiger partial charge in [0.25, 0.3) is 0 Å². The minimum Gasteiger partial charge on any atom is -0.382 e. The summed E-state index contributed by atoms with van der Waals surface area (Å²) in [7, 11) is 0. The lowest BCUT2D eigenvalue weighted by molar-refractivity contribution is 0.244. The van der Waals surface area contributed by atoms with Crippen LogP contribution in [0.3, 0.4) is 0 Å². The van der Waals surface area contributed by atoms with Gasteiger partial charge in [0.05, 0.1) is 0 Å². The molecule has 2 fully saturated rings. The quantitative estimate of drug-likeness (QED) is 0.741. The van der Waals surface area contributed by atoms with Gasteiger partial charge in [0.15, 0.2) is 0 Å². The third-order valence-corrected chi connectivity index (χ3v) is 5.06. The fourth-order valence-electron chi connectivity index (χ4n) is 3.73. The Balaban J connectivity index is 1.45. The van der Waals surface area contributed by atoms with Gasteiger partial charge < -0.3 is 16.0 Å². The average Bonchev–Trinajstić information content (AvgIpc) is 2.58. The van der Waals surface area contributed by atoms with Crippen LogP contribution in [0.4, 0.5) is 16.2 Å². The zero-order valence-electron chi connectivity index (χ0n) is 13.9. The summed E-state index contributed by atoms with van der Waals surface area (Å²) in [6, 6.07) is 8.95. The molecule has 4 heteroatoms. The highest BCUT2D eigenvalue weighted by molar-refractivity contribution is 5.89. The fraction of sp³-hybridized carbons (Fsp3) is 0.632. The van der Waals surface area contributed by atoms with E-state index in [1.54, 1.807) is 0 Å². The zero-order valence-corrected chi connectivity index (χ0v) is 13.9. The van der Waals surface area contributed by atoms with Crippen LogP contribution in [-0.2, 0) is 0 Å². The average molecular weight is 315 g/mol. The molecule has 0 radical (unpaired) electrons. The molecule has 0 atom stereocenters. The highest BCUT2D eigenvalue weighted by Gasteiger charge is 2.16. The van der Waals surface area contributed by atoms with Crippen molar-refractivity contribution in [2.45, 2.75) is 76.3 Å². The lowest BCUT2D eigenvalue weighted by Gasteiger charge is -2.24. The first kappa shape index (κ1) is 16.2. The van der Waals surface area contributed by atoms with E-state index in [1.165, 1.54) is 51.4 Å². The van der Waals surface area contributed by atoms with E-state index in [0.29, 0.717) is 12.1 Å². The van der Waals surface area contributed by atoms with Crippen LogP contribution in [0.2, 0.25) is 0 Å². The molecule has 1 aromatic carbocycles. The van der Waals surface area contributed by atoms with E-state index in [1.807, 2.05) is 12.1 Å². The van der Waals surface area contributed by atoms with Crippen molar-refractivity contribution >= 4 is 17.4 Å². The van der Waals surface area contributed by atoms with Crippen LogP contribution in [0.25, 0.3) is 0 Å². The monoisotopic (exact) mass is 315 g/mol. The Hall–Kier alpha value is -1.71. The van der Waals surface area contributed by atoms with E-state index in [9.17, 15) is 4.79 Å². The van der Waals surface area contributed by atoms with Crippen molar-refractivity contribution in [3.05, 3.63) is 24.3 Å². The molecule has 0 heterocycles. The van der Waals surface area contributed by atoms with Gasteiger partial charge in [-0.1, -0.05) is 38.5 Å². The molecule has 126 valence electrons. The summed E-state index contributed by atoms with van der Waals surface area (Å²) in [4.78, 5) is 12.0. The van der Waals surface area contributed by atoms with E-state index in [4.69, 9.17) is 0 Å².